The number of aliphatic hydroxyl groups is 1. The summed E-state index contributed by atoms with van der Waals surface area (Å²) in [6, 6.07) is 25.8. The highest BCUT2D eigenvalue weighted by Gasteiger charge is 2.46. The molecule has 3 aromatic carbocycles. The summed E-state index contributed by atoms with van der Waals surface area (Å²) < 4.78 is 5.95. The molecule has 2 heterocycles. The molecule has 0 bridgehead atoms. The summed E-state index contributed by atoms with van der Waals surface area (Å²) in [5.41, 5.74) is 5.35. The van der Waals surface area contributed by atoms with Crippen molar-refractivity contribution < 1.29 is 19.4 Å². The minimum atomic E-state index is -0.749. The van der Waals surface area contributed by atoms with Gasteiger partial charge in [0.1, 0.15) is 18.1 Å². The number of hydrogen-bond donors (Lipinski definition) is 1. The molecule has 0 radical (unpaired) electrons. The lowest BCUT2D eigenvalue weighted by molar-refractivity contribution is -0.140. The average molecular weight is 547 g/mol. The summed E-state index contributed by atoms with van der Waals surface area (Å²) in [5, 5.41) is 11.5. The van der Waals surface area contributed by atoms with E-state index in [0.29, 0.717) is 17.9 Å². The number of nitrogens with zero attached hydrogens (tertiary/aromatic N) is 2. The average Bonchev–Trinajstić information content (AvgIpc) is 3.22. The molecule has 1 fully saturated rings. The number of ketones is 1. The van der Waals surface area contributed by atoms with Crippen LogP contribution in [-0.2, 0) is 28.2 Å². The lowest BCUT2D eigenvalue weighted by Gasteiger charge is -2.26. The first-order chi connectivity index (χ1) is 19.6. The number of aryl methyl sites for hydroxylation is 1. The Hall–Kier alpha value is -4.71. The zero-order chi connectivity index (χ0) is 29.1. The van der Waals surface area contributed by atoms with E-state index in [1.54, 1.807) is 42.7 Å². The molecular weight excluding hydrogens is 512 g/mol. The van der Waals surface area contributed by atoms with Gasteiger partial charge in [-0.1, -0.05) is 75.4 Å². The molecule has 6 heteroatoms. The predicted molar refractivity (Wildman–Crippen MR) is 159 cm³/mol. The smallest absolute Gasteiger partial charge is 0.295 e. The van der Waals surface area contributed by atoms with E-state index in [0.717, 1.165) is 27.8 Å². The summed E-state index contributed by atoms with van der Waals surface area (Å²) in [5.74, 6) is -0.946. The molecule has 4 aromatic rings. The molecule has 1 aromatic heterocycles. The van der Waals surface area contributed by atoms with Crippen molar-refractivity contribution in [2.45, 2.75) is 52.3 Å². The summed E-state index contributed by atoms with van der Waals surface area (Å²) >= 11 is 0. The molecule has 1 N–H and O–H groups in total. The summed E-state index contributed by atoms with van der Waals surface area (Å²) in [4.78, 5) is 32.5. The molecule has 0 spiro atoms. The SMILES string of the molecule is Cc1ccccc1COc1ccc(/C(O)=C2\C(=O)C(=O)N(Cc3cccnc3)C2c2ccc(C(C)(C)C)cc2)cc1. The first kappa shape index (κ1) is 27.8. The third kappa shape index (κ3) is 5.92. The van der Waals surface area contributed by atoms with Gasteiger partial charge in [-0.15, -0.1) is 0 Å². The highest BCUT2D eigenvalue weighted by molar-refractivity contribution is 6.46. The molecule has 1 aliphatic heterocycles. The van der Waals surface area contributed by atoms with Crippen molar-refractivity contribution in [3.05, 3.63) is 136 Å². The van der Waals surface area contributed by atoms with Gasteiger partial charge >= 0.3 is 0 Å². The first-order valence-electron chi connectivity index (χ1n) is 13.7. The number of Topliss-reactive ketones (excluding diaryl/α,β-unsaturated/α-hetero) is 1. The van der Waals surface area contributed by atoms with Gasteiger partial charge in [0.2, 0.25) is 0 Å². The summed E-state index contributed by atoms with van der Waals surface area (Å²) in [7, 11) is 0. The Morgan fingerprint density at radius 3 is 2.27 bits per heavy atom. The van der Waals surface area contributed by atoms with Crippen LogP contribution in [0, 0.1) is 6.92 Å². The molecule has 208 valence electrons. The van der Waals surface area contributed by atoms with Gasteiger partial charge in [0.15, 0.2) is 0 Å². The van der Waals surface area contributed by atoms with E-state index in [-0.39, 0.29) is 23.3 Å². The predicted octanol–water partition coefficient (Wildman–Crippen LogP) is 6.89. The molecule has 0 saturated carbocycles. The third-order valence-corrected chi connectivity index (χ3v) is 7.49. The molecule has 0 aliphatic carbocycles. The van der Waals surface area contributed by atoms with Gasteiger partial charge in [-0.25, -0.2) is 0 Å². The largest absolute Gasteiger partial charge is 0.507 e. The number of aromatic nitrogens is 1. The number of hydrogen-bond acceptors (Lipinski definition) is 5. The van der Waals surface area contributed by atoms with Gasteiger partial charge in [-0.3, -0.25) is 14.6 Å². The lowest BCUT2D eigenvalue weighted by Crippen LogP contribution is -2.29. The number of carbonyl (C=O) groups is 2. The van der Waals surface area contributed by atoms with Crippen molar-refractivity contribution in [1.29, 1.82) is 0 Å². The van der Waals surface area contributed by atoms with Crippen LogP contribution in [0.25, 0.3) is 5.76 Å². The van der Waals surface area contributed by atoms with Gasteiger partial charge < -0.3 is 14.7 Å². The van der Waals surface area contributed by atoms with E-state index in [9.17, 15) is 14.7 Å². The number of likely N-dealkylation sites (tertiary alicyclic amines) is 1. The minimum Gasteiger partial charge on any atom is -0.507 e. The Morgan fingerprint density at radius 2 is 1.63 bits per heavy atom. The zero-order valence-electron chi connectivity index (χ0n) is 23.8. The van der Waals surface area contributed by atoms with Gasteiger partial charge in [0.25, 0.3) is 11.7 Å². The van der Waals surface area contributed by atoms with Crippen LogP contribution in [0.4, 0.5) is 0 Å². The second kappa shape index (κ2) is 11.4. The molecule has 1 unspecified atom stereocenters. The Morgan fingerprint density at radius 1 is 0.927 bits per heavy atom. The molecule has 1 aliphatic rings. The van der Waals surface area contributed by atoms with Crippen LogP contribution in [0.2, 0.25) is 0 Å². The third-order valence-electron chi connectivity index (χ3n) is 7.49. The van der Waals surface area contributed by atoms with Gasteiger partial charge in [-0.05, 0) is 70.5 Å². The quantitative estimate of drug-likeness (QED) is 0.155. The summed E-state index contributed by atoms with van der Waals surface area (Å²) in [6.45, 7) is 9.03. The maximum Gasteiger partial charge on any atom is 0.295 e. The number of ether oxygens (including phenoxy) is 1. The van der Waals surface area contributed by atoms with Crippen LogP contribution in [-0.4, -0.2) is 26.7 Å². The maximum atomic E-state index is 13.4. The van der Waals surface area contributed by atoms with Crippen LogP contribution in [0.3, 0.4) is 0 Å². The van der Waals surface area contributed by atoms with Crippen molar-refractivity contribution in [3.63, 3.8) is 0 Å². The number of amides is 1. The number of rotatable bonds is 7. The van der Waals surface area contributed by atoms with E-state index < -0.39 is 17.7 Å². The normalized spacial score (nSPS) is 16.7. The standard InChI is InChI=1S/C35H34N2O4/c1-23-8-5-6-10-27(23)22-41-29-17-13-26(14-18-29)32(38)30-31(25-11-15-28(16-12-25)35(2,3)4)37(34(40)33(30)39)21-24-9-7-19-36-20-24/h5-20,31,38H,21-22H2,1-4H3/b32-30+. The van der Waals surface area contributed by atoms with Gasteiger partial charge in [-0.2, -0.15) is 0 Å². The van der Waals surface area contributed by atoms with Gasteiger partial charge in [0, 0.05) is 24.5 Å². The van der Waals surface area contributed by atoms with Crippen LogP contribution in [0.1, 0.15) is 60.2 Å². The second-order valence-electron chi connectivity index (χ2n) is 11.4. The molecule has 1 amide bonds. The Bertz CT molecular complexity index is 1580. The number of aliphatic hydroxyl groups excluding tert-OH is 1. The van der Waals surface area contributed by atoms with Gasteiger partial charge in [0.05, 0.1) is 11.6 Å². The van der Waals surface area contributed by atoms with Crippen molar-refractivity contribution in [3.8, 4) is 5.75 Å². The van der Waals surface area contributed by atoms with E-state index in [4.69, 9.17) is 4.74 Å². The Balaban J connectivity index is 1.49. The molecule has 6 nitrogen and oxygen atoms in total. The Labute approximate surface area is 240 Å². The number of benzene rings is 3. The number of carbonyl (C=O) groups excluding carboxylic acids is 2. The lowest BCUT2D eigenvalue weighted by atomic mass is 9.85. The molecule has 41 heavy (non-hydrogen) atoms. The fourth-order valence-electron chi connectivity index (χ4n) is 5.04. The minimum absolute atomic E-state index is 0.0565. The van der Waals surface area contributed by atoms with Crippen LogP contribution >= 0.6 is 0 Å². The van der Waals surface area contributed by atoms with E-state index in [2.05, 4.69) is 25.8 Å². The molecule has 5 rings (SSSR count). The van der Waals surface area contributed by atoms with E-state index in [1.165, 1.54) is 4.90 Å². The second-order valence-corrected chi connectivity index (χ2v) is 11.4. The van der Waals surface area contributed by atoms with Crippen molar-refractivity contribution in [2.75, 3.05) is 0 Å². The summed E-state index contributed by atoms with van der Waals surface area (Å²) in [6.07, 6.45) is 3.34. The molecular formula is C35H34N2O4. The number of pyridine rings is 1. The highest BCUT2D eigenvalue weighted by atomic mass is 16.5. The van der Waals surface area contributed by atoms with Crippen molar-refractivity contribution >= 4 is 17.4 Å². The monoisotopic (exact) mass is 546 g/mol. The molecule has 1 saturated heterocycles. The Kier molecular flexibility index (Phi) is 7.75. The van der Waals surface area contributed by atoms with Crippen LogP contribution in [0.5, 0.6) is 5.75 Å². The fraction of sp³-hybridized carbons (Fsp3) is 0.229. The van der Waals surface area contributed by atoms with Crippen molar-refractivity contribution in [1.82, 2.24) is 9.88 Å². The van der Waals surface area contributed by atoms with Crippen LogP contribution < -0.4 is 4.74 Å². The fourth-order valence-corrected chi connectivity index (χ4v) is 5.04. The van der Waals surface area contributed by atoms with E-state index in [1.807, 2.05) is 61.5 Å². The maximum absolute atomic E-state index is 13.4. The van der Waals surface area contributed by atoms with E-state index >= 15 is 0 Å². The molecule has 1 atom stereocenters. The first-order valence-corrected chi connectivity index (χ1v) is 13.7. The van der Waals surface area contributed by atoms with Crippen molar-refractivity contribution in [2.24, 2.45) is 0 Å². The topological polar surface area (TPSA) is 79.7 Å². The zero-order valence-corrected chi connectivity index (χ0v) is 23.8. The highest BCUT2D eigenvalue weighted by Crippen LogP contribution is 2.41. The van der Waals surface area contributed by atoms with Crippen LogP contribution in [0.15, 0.2) is 103 Å².